The van der Waals surface area contributed by atoms with Gasteiger partial charge in [-0.3, -0.25) is 0 Å². The summed E-state index contributed by atoms with van der Waals surface area (Å²) in [5.41, 5.74) is 0. The highest BCUT2D eigenvalue weighted by molar-refractivity contribution is 9.09. The Morgan fingerprint density at radius 1 is 1.36 bits per heavy atom. The van der Waals surface area contributed by atoms with Crippen LogP contribution in [0.2, 0.25) is 0 Å². The second-order valence-electron chi connectivity index (χ2n) is 3.85. The minimum absolute atomic E-state index is 0.776. The molecule has 0 heterocycles. The van der Waals surface area contributed by atoms with E-state index >= 15 is 0 Å². The highest BCUT2D eigenvalue weighted by Crippen LogP contribution is 2.35. The van der Waals surface area contributed by atoms with Gasteiger partial charge in [-0.25, -0.2) is 0 Å². The van der Waals surface area contributed by atoms with Gasteiger partial charge in [-0.15, -0.1) is 0 Å². The van der Waals surface area contributed by atoms with Crippen molar-refractivity contribution in [3.63, 3.8) is 0 Å². The van der Waals surface area contributed by atoms with Gasteiger partial charge in [0.15, 0.2) is 0 Å². The number of alkyl halides is 1. The van der Waals surface area contributed by atoms with Crippen molar-refractivity contribution < 1.29 is 0 Å². The van der Waals surface area contributed by atoms with Gasteiger partial charge in [-0.1, -0.05) is 49.0 Å². The average Bonchev–Trinajstić information content (AvgIpc) is 2.04. The number of hydrogen-bond acceptors (Lipinski definition) is 0. The van der Waals surface area contributed by atoms with E-state index in [1.54, 1.807) is 0 Å². The monoisotopic (exact) mass is 218 g/mol. The molecule has 0 aliphatic heterocycles. The van der Waals surface area contributed by atoms with Crippen LogP contribution in [-0.4, -0.2) is 4.83 Å². The third kappa shape index (κ3) is 2.47. The topological polar surface area (TPSA) is 0 Å². The smallest absolute Gasteiger partial charge is 0.0174 e. The van der Waals surface area contributed by atoms with Crippen LogP contribution in [0.5, 0.6) is 0 Å². The molecule has 11 heavy (non-hydrogen) atoms. The lowest BCUT2D eigenvalue weighted by Crippen LogP contribution is -2.24. The minimum Gasteiger partial charge on any atom is -0.0888 e. The molecule has 0 radical (unpaired) electrons. The summed E-state index contributed by atoms with van der Waals surface area (Å²) in [5.74, 6) is 1.90. The van der Waals surface area contributed by atoms with E-state index in [-0.39, 0.29) is 0 Å². The molecule has 3 atom stereocenters. The van der Waals surface area contributed by atoms with Gasteiger partial charge in [0.25, 0.3) is 0 Å². The maximum atomic E-state index is 3.78. The molecule has 0 aromatic carbocycles. The zero-order valence-electron chi connectivity index (χ0n) is 7.65. The van der Waals surface area contributed by atoms with E-state index in [4.69, 9.17) is 0 Å². The lowest BCUT2D eigenvalue weighted by molar-refractivity contribution is 0.250. The molecule has 0 saturated heterocycles. The first-order chi connectivity index (χ1) is 5.25. The highest BCUT2D eigenvalue weighted by Gasteiger charge is 2.25. The Bertz CT molecular complexity index is 107. The van der Waals surface area contributed by atoms with Gasteiger partial charge < -0.3 is 0 Å². The molecule has 0 bridgehead atoms. The number of hydrogen-bond donors (Lipinski definition) is 0. The largest absolute Gasteiger partial charge is 0.0888 e. The summed E-state index contributed by atoms with van der Waals surface area (Å²) in [7, 11) is 0. The maximum Gasteiger partial charge on any atom is 0.0174 e. The molecule has 0 nitrogen and oxygen atoms in total. The van der Waals surface area contributed by atoms with Crippen molar-refractivity contribution in [2.75, 3.05) is 0 Å². The first kappa shape index (κ1) is 9.57. The maximum absolute atomic E-state index is 3.78. The highest BCUT2D eigenvalue weighted by atomic mass is 79.9. The minimum atomic E-state index is 0.776. The van der Waals surface area contributed by atoms with Gasteiger partial charge in [0.05, 0.1) is 0 Å². The van der Waals surface area contributed by atoms with Crippen LogP contribution in [0.4, 0.5) is 0 Å². The molecule has 1 rings (SSSR count). The molecule has 0 aromatic rings. The molecule has 0 spiro atoms. The zero-order valence-corrected chi connectivity index (χ0v) is 9.23. The second-order valence-corrected chi connectivity index (χ2v) is 5.03. The second kappa shape index (κ2) is 4.49. The Kier molecular flexibility index (Phi) is 3.91. The van der Waals surface area contributed by atoms with Crippen molar-refractivity contribution in [2.45, 2.75) is 50.8 Å². The van der Waals surface area contributed by atoms with Gasteiger partial charge >= 0.3 is 0 Å². The van der Waals surface area contributed by atoms with E-state index in [0.717, 1.165) is 16.7 Å². The van der Waals surface area contributed by atoms with Crippen LogP contribution < -0.4 is 0 Å². The Balaban J connectivity index is 2.40. The first-order valence-corrected chi connectivity index (χ1v) is 5.81. The lowest BCUT2D eigenvalue weighted by atomic mass is 9.78. The van der Waals surface area contributed by atoms with Crippen LogP contribution in [0.3, 0.4) is 0 Å². The van der Waals surface area contributed by atoms with Gasteiger partial charge in [0.2, 0.25) is 0 Å². The summed E-state index contributed by atoms with van der Waals surface area (Å²) in [6.45, 7) is 4.69. The molecule has 0 N–H and O–H groups in total. The summed E-state index contributed by atoms with van der Waals surface area (Å²) in [6.07, 6.45) is 7.10. The standard InChI is InChI=1S/C10H19Br/c1-3-10(11)9-7-5-4-6-8(9)2/h8-10H,3-7H2,1-2H3. The molecular formula is C10H19Br. The van der Waals surface area contributed by atoms with Gasteiger partial charge in [0, 0.05) is 4.83 Å². The summed E-state index contributed by atoms with van der Waals surface area (Å²) in [4.78, 5) is 0.776. The van der Waals surface area contributed by atoms with Gasteiger partial charge in [-0.05, 0) is 24.7 Å². The van der Waals surface area contributed by atoms with Gasteiger partial charge in [0.1, 0.15) is 0 Å². The van der Waals surface area contributed by atoms with Crippen molar-refractivity contribution in [1.29, 1.82) is 0 Å². The fraction of sp³-hybridized carbons (Fsp3) is 1.00. The molecule has 3 unspecified atom stereocenters. The number of halogens is 1. The molecule has 1 saturated carbocycles. The molecule has 1 fully saturated rings. The van der Waals surface area contributed by atoms with E-state index < -0.39 is 0 Å². The summed E-state index contributed by atoms with van der Waals surface area (Å²) in [5, 5.41) is 0. The molecular weight excluding hydrogens is 200 g/mol. The fourth-order valence-corrected chi connectivity index (χ4v) is 2.97. The molecule has 0 amide bonds. The Labute approximate surface area is 78.9 Å². The summed E-state index contributed by atoms with van der Waals surface area (Å²) >= 11 is 3.78. The fourth-order valence-electron chi connectivity index (χ4n) is 2.19. The first-order valence-electron chi connectivity index (χ1n) is 4.89. The van der Waals surface area contributed by atoms with Crippen molar-refractivity contribution in [3.8, 4) is 0 Å². The van der Waals surface area contributed by atoms with E-state index in [1.165, 1.54) is 32.1 Å². The van der Waals surface area contributed by atoms with Crippen LogP contribution >= 0.6 is 15.9 Å². The normalized spacial score (nSPS) is 35.2. The Morgan fingerprint density at radius 2 is 2.00 bits per heavy atom. The Morgan fingerprint density at radius 3 is 2.55 bits per heavy atom. The van der Waals surface area contributed by atoms with E-state index in [1.807, 2.05) is 0 Å². The van der Waals surface area contributed by atoms with Crippen LogP contribution in [0.15, 0.2) is 0 Å². The van der Waals surface area contributed by atoms with Crippen LogP contribution in [0.1, 0.15) is 46.0 Å². The zero-order chi connectivity index (χ0) is 8.27. The quantitative estimate of drug-likeness (QED) is 0.616. The molecule has 0 aromatic heterocycles. The predicted molar refractivity (Wildman–Crippen MR) is 54.1 cm³/mol. The summed E-state index contributed by atoms with van der Waals surface area (Å²) < 4.78 is 0. The summed E-state index contributed by atoms with van der Waals surface area (Å²) in [6, 6.07) is 0. The molecule has 1 aliphatic carbocycles. The third-order valence-electron chi connectivity index (χ3n) is 3.03. The predicted octanol–water partition coefficient (Wildman–Crippen LogP) is 3.99. The number of rotatable bonds is 2. The lowest BCUT2D eigenvalue weighted by Gasteiger charge is -2.32. The van der Waals surface area contributed by atoms with Crippen LogP contribution in [0, 0.1) is 11.8 Å². The molecule has 1 heteroatoms. The van der Waals surface area contributed by atoms with Crippen molar-refractivity contribution in [1.82, 2.24) is 0 Å². The van der Waals surface area contributed by atoms with Crippen molar-refractivity contribution in [3.05, 3.63) is 0 Å². The SMILES string of the molecule is CCC(Br)C1CCCCC1C. The Hall–Kier alpha value is 0.480. The third-order valence-corrected chi connectivity index (χ3v) is 4.36. The molecule has 66 valence electrons. The van der Waals surface area contributed by atoms with Crippen LogP contribution in [-0.2, 0) is 0 Å². The van der Waals surface area contributed by atoms with Crippen molar-refractivity contribution >= 4 is 15.9 Å². The average molecular weight is 219 g/mol. The van der Waals surface area contributed by atoms with E-state index in [2.05, 4.69) is 29.8 Å². The molecule has 1 aliphatic rings. The van der Waals surface area contributed by atoms with E-state index in [0.29, 0.717) is 0 Å². The van der Waals surface area contributed by atoms with Gasteiger partial charge in [-0.2, -0.15) is 0 Å². The van der Waals surface area contributed by atoms with Crippen molar-refractivity contribution in [2.24, 2.45) is 11.8 Å². The van der Waals surface area contributed by atoms with E-state index in [9.17, 15) is 0 Å². The van der Waals surface area contributed by atoms with Crippen LogP contribution in [0.25, 0.3) is 0 Å².